The zero-order chi connectivity index (χ0) is 28.7. The molecule has 0 saturated carbocycles. The highest BCUT2D eigenvalue weighted by molar-refractivity contribution is 7.89. The minimum absolute atomic E-state index is 0.00232. The number of fused-ring (bicyclic) bond motifs is 2. The Labute approximate surface area is 242 Å². The van der Waals surface area contributed by atoms with Gasteiger partial charge < -0.3 is 19.5 Å². The topological polar surface area (TPSA) is 145 Å². The molecule has 14 heteroatoms. The van der Waals surface area contributed by atoms with E-state index in [1.165, 1.54) is 15.6 Å². The molecule has 216 valence electrons. The molecule has 6 rings (SSSR count). The van der Waals surface area contributed by atoms with Crippen LogP contribution in [0.5, 0.6) is 0 Å². The molecular formula is C27H31N7O5S2. The van der Waals surface area contributed by atoms with E-state index in [0.717, 1.165) is 10.6 Å². The Morgan fingerprint density at radius 3 is 2.76 bits per heavy atom. The first-order valence-electron chi connectivity index (χ1n) is 13.5. The van der Waals surface area contributed by atoms with E-state index < -0.39 is 16.1 Å². The molecule has 2 aromatic heterocycles. The Bertz CT molecular complexity index is 1640. The molecule has 12 nitrogen and oxygen atoms in total. The van der Waals surface area contributed by atoms with Crippen molar-refractivity contribution in [1.29, 1.82) is 0 Å². The third-order valence-corrected chi connectivity index (χ3v) is 10.7. The van der Waals surface area contributed by atoms with Crippen LogP contribution in [-0.2, 0) is 32.5 Å². The summed E-state index contributed by atoms with van der Waals surface area (Å²) in [4.78, 5) is 38.9. The van der Waals surface area contributed by atoms with Crippen molar-refractivity contribution < 1.29 is 22.7 Å². The molecule has 41 heavy (non-hydrogen) atoms. The molecule has 1 aromatic carbocycles. The van der Waals surface area contributed by atoms with Gasteiger partial charge in [-0.05, 0) is 24.3 Å². The van der Waals surface area contributed by atoms with Gasteiger partial charge in [0.25, 0.3) is 15.9 Å². The van der Waals surface area contributed by atoms with Crippen LogP contribution in [0.4, 0.5) is 0 Å². The average Bonchev–Trinajstić information content (AvgIpc) is 3.61. The molecule has 3 aromatic rings. The number of hydrazine groups is 1. The van der Waals surface area contributed by atoms with Crippen molar-refractivity contribution in [1.82, 2.24) is 29.1 Å². The molecule has 2 saturated heterocycles. The predicted molar refractivity (Wildman–Crippen MR) is 152 cm³/mol. The zero-order valence-corrected chi connectivity index (χ0v) is 24.0. The number of benzene rings is 1. The molecule has 2 amide bonds. The van der Waals surface area contributed by atoms with E-state index in [0.29, 0.717) is 67.3 Å². The number of sulfonamides is 1. The van der Waals surface area contributed by atoms with Gasteiger partial charge in [0.05, 0.1) is 24.9 Å². The number of amides is 2. The van der Waals surface area contributed by atoms with Crippen LogP contribution in [0.25, 0.3) is 10.9 Å². The molecule has 5 heterocycles. The van der Waals surface area contributed by atoms with Crippen LogP contribution in [0.3, 0.4) is 0 Å². The summed E-state index contributed by atoms with van der Waals surface area (Å²) in [6.07, 6.45) is 6.16. The van der Waals surface area contributed by atoms with Gasteiger partial charge in [0.2, 0.25) is 5.91 Å². The SMILES string of the molecule is C#Cc1ccc2[nH]c(S(=O)(=O)N3CCN(C(=O)c4nc5c(s4)CN(N)CC5)C(CC(=O)N4CCOCC4)C3)cc2c1. The fourth-order valence-electron chi connectivity index (χ4n) is 5.53. The first kappa shape index (κ1) is 27.8. The Kier molecular flexibility index (Phi) is 7.58. The van der Waals surface area contributed by atoms with Crippen molar-refractivity contribution in [2.75, 3.05) is 52.5 Å². The highest BCUT2D eigenvalue weighted by Gasteiger charge is 2.40. The molecule has 3 N–H and O–H groups in total. The number of H-pyrrole nitrogens is 1. The number of nitrogens with zero attached hydrogens (tertiary/aromatic N) is 5. The number of rotatable bonds is 5. The van der Waals surface area contributed by atoms with Crippen LogP contribution in [-0.4, -0.2) is 108 Å². The van der Waals surface area contributed by atoms with Crippen LogP contribution in [0.15, 0.2) is 29.3 Å². The molecular weight excluding hydrogens is 566 g/mol. The third-order valence-electron chi connectivity index (χ3n) is 7.80. The second-order valence-electron chi connectivity index (χ2n) is 10.4. The zero-order valence-electron chi connectivity index (χ0n) is 22.4. The smallest absolute Gasteiger partial charge is 0.283 e. The summed E-state index contributed by atoms with van der Waals surface area (Å²) >= 11 is 1.31. The normalized spacial score (nSPS) is 20.6. The number of carbonyl (C=O) groups is 2. The maximum atomic E-state index is 13.8. The minimum Gasteiger partial charge on any atom is -0.378 e. The molecule has 1 atom stereocenters. The van der Waals surface area contributed by atoms with Gasteiger partial charge in [-0.1, -0.05) is 5.92 Å². The van der Waals surface area contributed by atoms with Crippen LogP contribution >= 0.6 is 11.3 Å². The van der Waals surface area contributed by atoms with Crippen LogP contribution < -0.4 is 5.84 Å². The fourth-order valence-corrected chi connectivity index (χ4v) is 8.11. The van der Waals surface area contributed by atoms with Crippen molar-refractivity contribution in [2.24, 2.45) is 5.84 Å². The summed E-state index contributed by atoms with van der Waals surface area (Å²) in [5.41, 5.74) is 2.17. The number of thiazole rings is 1. The summed E-state index contributed by atoms with van der Waals surface area (Å²) in [7, 11) is -3.95. The number of piperazine rings is 1. The van der Waals surface area contributed by atoms with Gasteiger partial charge in [-0.25, -0.2) is 18.4 Å². The number of hydrogen-bond acceptors (Lipinski definition) is 9. The van der Waals surface area contributed by atoms with Gasteiger partial charge in [-0.3, -0.25) is 15.4 Å². The predicted octanol–water partition coefficient (Wildman–Crippen LogP) is 0.602. The van der Waals surface area contributed by atoms with Crippen molar-refractivity contribution >= 4 is 44.1 Å². The minimum atomic E-state index is -3.95. The number of aromatic amines is 1. The van der Waals surface area contributed by atoms with Gasteiger partial charge in [0.1, 0.15) is 5.03 Å². The highest BCUT2D eigenvalue weighted by Crippen LogP contribution is 2.29. The van der Waals surface area contributed by atoms with Crippen molar-refractivity contribution in [3.05, 3.63) is 45.4 Å². The largest absolute Gasteiger partial charge is 0.378 e. The van der Waals surface area contributed by atoms with Crippen molar-refractivity contribution in [3.8, 4) is 12.3 Å². The summed E-state index contributed by atoms with van der Waals surface area (Å²) in [5.74, 6) is 8.09. The molecule has 3 aliphatic rings. The van der Waals surface area contributed by atoms with E-state index in [-0.39, 0.29) is 42.9 Å². The Morgan fingerprint density at radius 2 is 1.98 bits per heavy atom. The van der Waals surface area contributed by atoms with Gasteiger partial charge in [-0.15, -0.1) is 17.8 Å². The lowest BCUT2D eigenvalue weighted by Crippen LogP contribution is -2.58. The van der Waals surface area contributed by atoms with E-state index in [9.17, 15) is 18.0 Å². The molecule has 0 spiro atoms. The van der Waals surface area contributed by atoms with E-state index in [4.69, 9.17) is 17.0 Å². The fraction of sp³-hybridized carbons (Fsp3) is 0.444. The Hall–Kier alpha value is -3.32. The molecule has 0 aliphatic carbocycles. The second-order valence-corrected chi connectivity index (χ2v) is 13.4. The van der Waals surface area contributed by atoms with Gasteiger partial charge in [0, 0.05) is 80.0 Å². The lowest BCUT2D eigenvalue weighted by molar-refractivity contribution is -0.136. The highest BCUT2D eigenvalue weighted by atomic mass is 32.2. The van der Waals surface area contributed by atoms with E-state index in [1.54, 1.807) is 39.1 Å². The summed E-state index contributed by atoms with van der Waals surface area (Å²) < 4.78 is 34.3. The van der Waals surface area contributed by atoms with Gasteiger partial charge in [-0.2, -0.15) is 4.31 Å². The van der Waals surface area contributed by atoms with Crippen LogP contribution in [0.2, 0.25) is 0 Å². The molecule has 0 bridgehead atoms. The number of nitrogens with one attached hydrogen (secondary N) is 1. The number of carbonyl (C=O) groups excluding carboxylic acids is 2. The monoisotopic (exact) mass is 597 g/mol. The third kappa shape index (κ3) is 5.49. The van der Waals surface area contributed by atoms with Crippen molar-refractivity contribution in [2.45, 2.75) is 30.5 Å². The first-order chi connectivity index (χ1) is 19.7. The lowest BCUT2D eigenvalue weighted by Gasteiger charge is -2.41. The number of nitrogens with two attached hydrogens (primary N) is 1. The van der Waals surface area contributed by atoms with Crippen LogP contribution in [0.1, 0.15) is 32.4 Å². The number of aromatic nitrogens is 2. The standard InChI is InChI=1S/C27H31N7O5S2/c1-2-18-3-4-21-19(13-18)14-24(29-21)41(37,38)33-7-8-34(20(16-33)15-25(35)31-9-11-39-12-10-31)27(36)26-30-22-5-6-32(28)17-23(22)40-26/h1,3-4,13-14,20,29H,5-12,15-17,28H2. The number of hydrogen-bond donors (Lipinski definition) is 2. The maximum absolute atomic E-state index is 13.8. The number of morpholine rings is 1. The molecule has 3 aliphatic heterocycles. The van der Waals surface area contributed by atoms with Crippen molar-refractivity contribution in [3.63, 3.8) is 0 Å². The average molecular weight is 598 g/mol. The van der Waals surface area contributed by atoms with Gasteiger partial charge in [0.15, 0.2) is 5.01 Å². The molecule has 2 fully saturated rings. The number of ether oxygens (including phenoxy) is 1. The van der Waals surface area contributed by atoms with Gasteiger partial charge >= 0.3 is 0 Å². The van der Waals surface area contributed by atoms with E-state index in [1.807, 2.05) is 0 Å². The maximum Gasteiger partial charge on any atom is 0.283 e. The van der Waals surface area contributed by atoms with E-state index >= 15 is 0 Å². The number of terminal acetylenes is 1. The summed E-state index contributed by atoms with van der Waals surface area (Å²) in [6.45, 7) is 3.21. The molecule has 1 unspecified atom stereocenters. The second kappa shape index (κ2) is 11.2. The van der Waals surface area contributed by atoms with Crippen LogP contribution in [0, 0.1) is 12.3 Å². The lowest BCUT2D eigenvalue weighted by atomic mass is 10.1. The Balaban J connectivity index is 1.27. The summed E-state index contributed by atoms with van der Waals surface area (Å²) in [5, 5.41) is 2.76. The quantitative estimate of drug-likeness (QED) is 0.321. The summed E-state index contributed by atoms with van der Waals surface area (Å²) in [6, 6.07) is 6.15. The Morgan fingerprint density at radius 1 is 1.17 bits per heavy atom. The first-order valence-corrected chi connectivity index (χ1v) is 15.7. The molecule has 0 radical (unpaired) electrons. The van der Waals surface area contributed by atoms with E-state index in [2.05, 4.69) is 15.9 Å².